The maximum Gasteiger partial charge on any atom is 0.149 e. The third-order valence-electron chi connectivity index (χ3n) is 2.29. The largest absolute Gasteiger partial charge is 0.396 e. The van der Waals surface area contributed by atoms with E-state index in [0.717, 1.165) is 18.8 Å². The fraction of sp³-hybridized carbons (Fsp3) is 0.300. The Balaban J connectivity index is 1.89. The highest BCUT2D eigenvalue weighted by Crippen LogP contribution is 2.12. The van der Waals surface area contributed by atoms with Crippen molar-refractivity contribution < 1.29 is 0 Å². The first-order chi connectivity index (χ1) is 7.77. The summed E-state index contributed by atoms with van der Waals surface area (Å²) in [5.41, 5.74) is 6.40. The van der Waals surface area contributed by atoms with E-state index in [2.05, 4.69) is 20.5 Å². The van der Waals surface area contributed by atoms with Crippen molar-refractivity contribution in [2.75, 3.05) is 17.6 Å². The molecule has 2 heterocycles. The molecule has 16 heavy (non-hydrogen) atoms. The number of rotatable bonds is 4. The molecule has 0 bridgehead atoms. The molecular weight excluding hydrogens is 204 g/mol. The molecule has 84 valence electrons. The lowest BCUT2D eigenvalue weighted by molar-refractivity contribution is 0.787. The Morgan fingerprint density at radius 2 is 2.38 bits per heavy atom. The van der Waals surface area contributed by atoms with Gasteiger partial charge in [-0.3, -0.25) is 0 Å². The average molecular weight is 218 g/mol. The SMILES string of the molecule is Cn1cnnc1CCNc1ncccc1N. The van der Waals surface area contributed by atoms with E-state index in [1.165, 1.54) is 0 Å². The molecule has 0 fully saturated rings. The first-order valence-corrected chi connectivity index (χ1v) is 5.04. The lowest BCUT2D eigenvalue weighted by Crippen LogP contribution is -2.10. The van der Waals surface area contributed by atoms with Gasteiger partial charge >= 0.3 is 0 Å². The van der Waals surface area contributed by atoms with E-state index < -0.39 is 0 Å². The van der Waals surface area contributed by atoms with E-state index in [-0.39, 0.29) is 0 Å². The second-order valence-electron chi connectivity index (χ2n) is 3.48. The number of pyridine rings is 1. The molecule has 0 atom stereocenters. The van der Waals surface area contributed by atoms with Gasteiger partial charge in [-0.15, -0.1) is 10.2 Å². The smallest absolute Gasteiger partial charge is 0.149 e. The quantitative estimate of drug-likeness (QED) is 0.778. The lowest BCUT2D eigenvalue weighted by Gasteiger charge is -2.06. The minimum atomic E-state index is 0.653. The zero-order valence-electron chi connectivity index (χ0n) is 9.09. The molecule has 6 nitrogen and oxygen atoms in total. The van der Waals surface area contributed by atoms with Gasteiger partial charge in [-0.25, -0.2) is 4.98 Å². The van der Waals surface area contributed by atoms with Crippen LogP contribution < -0.4 is 11.1 Å². The molecule has 0 unspecified atom stereocenters. The van der Waals surface area contributed by atoms with Crippen molar-refractivity contribution in [3.8, 4) is 0 Å². The Morgan fingerprint density at radius 1 is 1.50 bits per heavy atom. The molecule has 3 N–H and O–H groups in total. The van der Waals surface area contributed by atoms with Crippen LogP contribution in [0.2, 0.25) is 0 Å². The van der Waals surface area contributed by atoms with E-state index in [1.807, 2.05) is 23.7 Å². The van der Waals surface area contributed by atoms with Crippen LogP contribution in [0, 0.1) is 0 Å². The Morgan fingerprint density at radius 3 is 3.06 bits per heavy atom. The Hall–Kier alpha value is -2.11. The van der Waals surface area contributed by atoms with Crippen LogP contribution in [0.3, 0.4) is 0 Å². The van der Waals surface area contributed by atoms with Gasteiger partial charge in [0.1, 0.15) is 18.0 Å². The van der Waals surface area contributed by atoms with E-state index >= 15 is 0 Å². The highest BCUT2D eigenvalue weighted by molar-refractivity contribution is 5.60. The highest BCUT2D eigenvalue weighted by Gasteiger charge is 2.01. The van der Waals surface area contributed by atoms with Crippen LogP contribution in [-0.2, 0) is 13.5 Å². The summed E-state index contributed by atoms with van der Waals surface area (Å²) in [5.74, 6) is 1.65. The Bertz CT molecular complexity index is 464. The second-order valence-corrected chi connectivity index (χ2v) is 3.48. The summed E-state index contributed by atoms with van der Waals surface area (Å²) in [6, 6.07) is 3.63. The third kappa shape index (κ3) is 2.28. The predicted octanol–water partition coefficient (Wildman–Crippen LogP) is 0.447. The number of nitrogens with one attached hydrogen (secondary N) is 1. The van der Waals surface area contributed by atoms with Crippen molar-refractivity contribution in [2.45, 2.75) is 6.42 Å². The molecule has 0 radical (unpaired) electrons. The average Bonchev–Trinajstić information content (AvgIpc) is 2.67. The first-order valence-electron chi connectivity index (χ1n) is 5.04. The normalized spacial score (nSPS) is 10.3. The van der Waals surface area contributed by atoms with Crippen LogP contribution in [0.1, 0.15) is 5.82 Å². The van der Waals surface area contributed by atoms with Gasteiger partial charge in [-0.1, -0.05) is 0 Å². The number of anilines is 2. The van der Waals surface area contributed by atoms with Crippen LogP contribution in [-0.4, -0.2) is 26.3 Å². The highest BCUT2D eigenvalue weighted by atomic mass is 15.2. The molecule has 0 saturated heterocycles. The summed E-state index contributed by atoms with van der Waals surface area (Å²) in [6.07, 6.45) is 4.18. The van der Waals surface area contributed by atoms with Crippen LogP contribution in [0.5, 0.6) is 0 Å². The van der Waals surface area contributed by atoms with Crippen molar-refractivity contribution >= 4 is 11.5 Å². The number of aryl methyl sites for hydroxylation is 1. The van der Waals surface area contributed by atoms with Gasteiger partial charge in [0, 0.05) is 26.2 Å². The molecule has 0 aliphatic heterocycles. The van der Waals surface area contributed by atoms with E-state index in [9.17, 15) is 0 Å². The lowest BCUT2D eigenvalue weighted by atomic mass is 10.3. The van der Waals surface area contributed by atoms with Gasteiger partial charge in [0.15, 0.2) is 0 Å². The fourth-order valence-corrected chi connectivity index (χ4v) is 1.39. The summed E-state index contributed by atoms with van der Waals surface area (Å²) in [6.45, 7) is 0.730. The van der Waals surface area contributed by atoms with Gasteiger partial charge in [0.05, 0.1) is 5.69 Å². The maximum atomic E-state index is 5.75. The molecule has 2 aromatic heterocycles. The molecule has 0 aliphatic carbocycles. The number of nitrogen functional groups attached to an aromatic ring is 1. The van der Waals surface area contributed by atoms with E-state index in [1.54, 1.807) is 12.5 Å². The molecule has 6 heteroatoms. The second kappa shape index (κ2) is 4.61. The minimum absolute atomic E-state index is 0.653. The van der Waals surface area contributed by atoms with Gasteiger partial charge in [0.25, 0.3) is 0 Å². The zero-order valence-corrected chi connectivity index (χ0v) is 9.09. The topological polar surface area (TPSA) is 81.7 Å². The monoisotopic (exact) mass is 218 g/mol. The van der Waals surface area contributed by atoms with Crippen LogP contribution in [0.15, 0.2) is 24.7 Å². The first kappa shape index (κ1) is 10.4. The number of nitrogens with zero attached hydrogens (tertiary/aromatic N) is 4. The predicted molar refractivity (Wildman–Crippen MR) is 61.8 cm³/mol. The van der Waals surface area contributed by atoms with Crippen molar-refractivity contribution in [3.63, 3.8) is 0 Å². The molecular formula is C10H14N6. The van der Waals surface area contributed by atoms with Crippen LogP contribution in [0.25, 0.3) is 0 Å². The Labute approximate surface area is 93.5 Å². The summed E-state index contributed by atoms with van der Waals surface area (Å²) in [5, 5.41) is 11.0. The van der Waals surface area contributed by atoms with Gasteiger partial charge in [0.2, 0.25) is 0 Å². The summed E-state index contributed by atoms with van der Waals surface area (Å²) < 4.78 is 1.89. The summed E-state index contributed by atoms with van der Waals surface area (Å²) in [7, 11) is 1.92. The van der Waals surface area contributed by atoms with E-state index in [0.29, 0.717) is 11.5 Å². The number of hydrogen-bond acceptors (Lipinski definition) is 5. The fourth-order valence-electron chi connectivity index (χ4n) is 1.39. The van der Waals surface area contributed by atoms with Crippen molar-refractivity contribution in [3.05, 3.63) is 30.5 Å². The molecule has 2 aromatic rings. The number of hydrogen-bond donors (Lipinski definition) is 2. The molecule has 0 saturated carbocycles. The standard InChI is InChI=1S/C10H14N6/c1-16-7-14-15-9(16)4-6-13-10-8(11)3-2-5-12-10/h2-3,5,7H,4,6,11H2,1H3,(H,12,13). The van der Waals surface area contributed by atoms with Crippen LogP contribution >= 0.6 is 0 Å². The molecule has 0 aliphatic rings. The van der Waals surface area contributed by atoms with Gasteiger partial charge < -0.3 is 15.6 Å². The molecule has 0 aromatic carbocycles. The van der Waals surface area contributed by atoms with E-state index in [4.69, 9.17) is 5.73 Å². The number of nitrogens with two attached hydrogens (primary N) is 1. The number of aromatic nitrogens is 4. The van der Waals surface area contributed by atoms with Gasteiger partial charge in [-0.05, 0) is 12.1 Å². The van der Waals surface area contributed by atoms with Crippen LogP contribution in [0.4, 0.5) is 11.5 Å². The molecule has 0 spiro atoms. The van der Waals surface area contributed by atoms with Crippen molar-refractivity contribution in [2.24, 2.45) is 7.05 Å². The van der Waals surface area contributed by atoms with Gasteiger partial charge in [-0.2, -0.15) is 0 Å². The molecule has 2 rings (SSSR count). The summed E-state index contributed by atoms with van der Waals surface area (Å²) in [4.78, 5) is 4.14. The zero-order chi connectivity index (χ0) is 11.4. The maximum absolute atomic E-state index is 5.75. The molecule has 0 amide bonds. The minimum Gasteiger partial charge on any atom is -0.396 e. The third-order valence-corrected chi connectivity index (χ3v) is 2.29. The summed E-state index contributed by atoms with van der Waals surface area (Å²) >= 11 is 0. The van der Waals surface area contributed by atoms with Crippen molar-refractivity contribution in [1.82, 2.24) is 19.7 Å². The Kier molecular flexibility index (Phi) is 3.00. The van der Waals surface area contributed by atoms with Crippen molar-refractivity contribution in [1.29, 1.82) is 0 Å².